The van der Waals surface area contributed by atoms with E-state index in [2.05, 4.69) is 36.5 Å². The second kappa shape index (κ2) is 6.41. The zero-order chi connectivity index (χ0) is 14.5. The quantitative estimate of drug-likeness (QED) is 0.726. The Morgan fingerprint density at radius 1 is 1.05 bits per heavy atom. The van der Waals surface area contributed by atoms with Crippen LogP contribution in [0.4, 0.5) is 17.3 Å². The van der Waals surface area contributed by atoms with E-state index in [4.69, 9.17) is 4.42 Å². The summed E-state index contributed by atoms with van der Waals surface area (Å²) >= 11 is 3.41. The smallest absolute Gasteiger partial charge is 0.135 e. The fraction of sp³-hybridized carbons (Fsp3) is 0.0667. The van der Waals surface area contributed by atoms with Crippen LogP contribution in [0.15, 0.2) is 63.9 Å². The number of nitrogens with one attached hydrogen (secondary N) is 2. The number of halogens is 1. The van der Waals surface area contributed by atoms with Crippen molar-refractivity contribution in [1.29, 1.82) is 0 Å². The van der Waals surface area contributed by atoms with Crippen LogP contribution in [0.25, 0.3) is 0 Å². The highest BCUT2D eigenvalue weighted by Gasteiger charge is 2.01. The predicted molar refractivity (Wildman–Crippen MR) is 85.5 cm³/mol. The van der Waals surface area contributed by atoms with Crippen molar-refractivity contribution in [3.05, 3.63) is 65.3 Å². The first-order chi connectivity index (χ1) is 10.3. The predicted octanol–water partition coefficient (Wildman–Crippen LogP) is 4.19. The lowest BCUT2D eigenvalue weighted by atomic mass is 10.3. The first-order valence-electron chi connectivity index (χ1n) is 6.40. The van der Waals surface area contributed by atoms with Gasteiger partial charge in [0.15, 0.2) is 0 Å². The van der Waals surface area contributed by atoms with Gasteiger partial charge in [0.25, 0.3) is 0 Å². The minimum atomic E-state index is 0.585. The summed E-state index contributed by atoms with van der Waals surface area (Å²) in [5.41, 5.74) is 0.967. The molecule has 0 aliphatic rings. The standard InChI is InChI=1S/C15H13BrN4O/c16-11-3-5-12(6-4-11)20-15-8-14(18-10-19-15)17-9-13-2-1-7-21-13/h1-8,10H,9H2,(H2,17,18,19,20). The van der Waals surface area contributed by atoms with Crippen LogP contribution < -0.4 is 10.6 Å². The van der Waals surface area contributed by atoms with Crippen LogP contribution in [-0.2, 0) is 6.54 Å². The van der Waals surface area contributed by atoms with Crippen molar-refractivity contribution in [3.8, 4) is 0 Å². The van der Waals surface area contributed by atoms with Gasteiger partial charge in [0.1, 0.15) is 23.7 Å². The molecule has 3 rings (SSSR count). The van der Waals surface area contributed by atoms with Gasteiger partial charge in [-0.15, -0.1) is 0 Å². The molecule has 0 radical (unpaired) electrons. The minimum absolute atomic E-state index is 0.585. The molecule has 3 aromatic rings. The fourth-order valence-electron chi connectivity index (χ4n) is 1.79. The lowest BCUT2D eigenvalue weighted by Crippen LogP contribution is -2.02. The Bertz CT molecular complexity index is 698. The van der Waals surface area contributed by atoms with E-state index in [-0.39, 0.29) is 0 Å². The molecular weight excluding hydrogens is 332 g/mol. The van der Waals surface area contributed by atoms with Gasteiger partial charge in [-0.3, -0.25) is 0 Å². The molecule has 0 saturated carbocycles. The molecule has 2 heterocycles. The lowest BCUT2D eigenvalue weighted by molar-refractivity contribution is 0.518. The van der Waals surface area contributed by atoms with E-state index in [1.54, 1.807) is 6.26 Å². The molecule has 2 N–H and O–H groups in total. The number of furan rings is 1. The van der Waals surface area contributed by atoms with Gasteiger partial charge in [0.05, 0.1) is 12.8 Å². The van der Waals surface area contributed by atoms with Gasteiger partial charge >= 0.3 is 0 Å². The molecule has 0 aliphatic carbocycles. The molecule has 0 fully saturated rings. The van der Waals surface area contributed by atoms with Crippen LogP contribution in [0, 0.1) is 0 Å². The van der Waals surface area contributed by atoms with Crippen molar-refractivity contribution in [2.45, 2.75) is 6.54 Å². The van der Waals surface area contributed by atoms with Crippen molar-refractivity contribution >= 4 is 33.3 Å². The van der Waals surface area contributed by atoms with Crippen LogP contribution in [0.2, 0.25) is 0 Å². The maximum atomic E-state index is 5.27. The highest BCUT2D eigenvalue weighted by molar-refractivity contribution is 9.10. The Labute approximate surface area is 130 Å². The molecule has 2 aromatic heterocycles. The minimum Gasteiger partial charge on any atom is -0.467 e. The molecule has 0 saturated heterocycles. The largest absolute Gasteiger partial charge is 0.467 e. The first kappa shape index (κ1) is 13.6. The summed E-state index contributed by atoms with van der Waals surface area (Å²) < 4.78 is 6.30. The fourth-order valence-corrected chi connectivity index (χ4v) is 2.06. The van der Waals surface area contributed by atoms with E-state index >= 15 is 0 Å². The summed E-state index contributed by atoms with van der Waals surface area (Å²) in [6.45, 7) is 0.585. The maximum absolute atomic E-state index is 5.27. The van der Waals surface area contributed by atoms with E-state index in [1.807, 2.05) is 42.5 Å². The first-order valence-corrected chi connectivity index (χ1v) is 7.20. The van der Waals surface area contributed by atoms with Crippen molar-refractivity contribution in [2.75, 3.05) is 10.6 Å². The third kappa shape index (κ3) is 3.82. The molecule has 5 nitrogen and oxygen atoms in total. The number of anilines is 3. The van der Waals surface area contributed by atoms with E-state index in [1.165, 1.54) is 6.33 Å². The number of aromatic nitrogens is 2. The second-order valence-electron chi connectivity index (χ2n) is 4.35. The molecule has 0 bridgehead atoms. The SMILES string of the molecule is Brc1ccc(Nc2cc(NCc3ccco3)ncn2)cc1. The molecule has 21 heavy (non-hydrogen) atoms. The van der Waals surface area contributed by atoms with Gasteiger partial charge in [-0.25, -0.2) is 9.97 Å². The summed E-state index contributed by atoms with van der Waals surface area (Å²) in [5.74, 6) is 2.33. The summed E-state index contributed by atoms with van der Waals surface area (Å²) in [6.07, 6.45) is 3.17. The monoisotopic (exact) mass is 344 g/mol. The second-order valence-corrected chi connectivity index (χ2v) is 5.27. The molecule has 0 aliphatic heterocycles. The number of hydrogen-bond acceptors (Lipinski definition) is 5. The molecular formula is C15H13BrN4O. The van der Waals surface area contributed by atoms with Gasteiger partial charge < -0.3 is 15.1 Å². The van der Waals surface area contributed by atoms with Gasteiger partial charge in [0.2, 0.25) is 0 Å². The van der Waals surface area contributed by atoms with Crippen molar-refractivity contribution in [3.63, 3.8) is 0 Å². The molecule has 106 valence electrons. The van der Waals surface area contributed by atoms with Crippen LogP contribution in [0.3, 0.4) is 0 Å². The number of rotatable bonds is 5. The third-order valence-electron chi connectivity index (χ3n) is 2.81. The topological polar surface area (TPSA) is 63.0 Å². The van der Waals surface area contributed by atoms with Gasteiger partial charge in [0, 0.05) is 16.2 Å². The van der Waals surface area contributed by atoms with E-state index in [0.717, 1.165) is 27.6 Å². The van der Waals surface area contributed by atoms with E-state index in [0.29, 0.717) is 6.54 Å². The normalized spacial score (nSPS) is 10.3. The lowest BCUT2D eigenvalue weighted by Gasteiger charge is -2.08. The molecule has 0 spiro atoms. The average molecular weight is 345 g/mol. The van der Waals surface area contributed by atoms with Gasteiger partial charge in [-0.1, -0.05) is 15.9 Å². The van der Waals surface area contributed by atoms with Gasteiger partial charge in [-0.2, -0.15) is 0 Å². The summed E-state index contributed by atoms with van der Waals surface area (Å²) in [6, 6.07) is 13.5. The third-order valence-corrected chi connectivity index (χ3v) is 3.34. The highest BCUT2D eigenvalue weighted by Crippen LogP contribution is 2.19. The Hall–Kier alpha value is -2.34. The maximum Gasteiger partial charge on any atom is 0.135 e. The van der Waals surface area contributed by atoms with Crippen LogP contribution >= 0.6 is 15.9 Å². The highest BCUT2D eigenvalue weighted by atomic mass is 79.9. The van der Waals surface area contributed by atoms with Crippen molar-refractivity contribution in [1.82, 2.24) is 9.97 Å². The molecule has 0 amide bonds. The molecule has 0 unspecified atom stereocenters. The van der Waals surface area contributed by atoms with E-state index < -0.39 is 0 Å². The Balaban J connectivity index is 1.66. The average Bonchev–Trinajstić information content (AvgIpc) is 3.01. The van der Waals surface area contributed by atoms with E-state index in [9.17, 15) is 0 Å². The van der Waals surface area contributed by atoms with Crippen molar-refractivity contribution < 1.29 is 4.42 Å². The zero-order valence-corrected chi connectivity index (χ0v) is 12.7. The van der Waals surface area contributed by atoms with Crippen LogP contribution in [0.1, 0.15) is 5.76 Å². The number of benzene rings is 1. The van der Waals surface area contributed by atoms with Gasteiger partial charge in [-0.05, 0) is 36.4 Å². The number of hydrogen-bond donors (Lipinski definition) is 2. The Morgan fingerprint density at radius 2 is 1.86 bits per heavy atom. The summed E-state index contributed by atoms with van der Waals surface area (Å²) in [5, 5.41) is 6.42. The molecule has 6 heteroatoms. The molecule has 0 atom stereocenters. The molecule has 1 aromatic carbocycles. The van der Waals surface area contributed by atoms with Crippen LogP contribution in [0.5, 0.6) is 0 Å². The summed E-state index contributed by atoms with van der Waals surface area (Å²) in [7, 11) is 0. The van der Waals surface area contributed by atoms with Crippen LogP contribution in [-0.4, -0.2) is 9.97 Å². The summed E-state index contributed by atoms with van der Waals surface area (Å²) in [4.78, 5) is 8.39. The Kier molecular flexibility index (Phi) is 4.16. The van der Waals surface area contributed by atoms with Crippen molar-refractivity contribution in [2.24, 2.45) is 0 Å². The zero-order valence-electron chi connectivity index (χ0n) is 11.1. The Morgan fingerprint density at radius 3 is 2.62 bits per heavy atom. The number of nitrogens with zero attached hydrogens (tertiary/aromatic N) is 2.